The number of rotatable bonds is 1. The monoisotopic (exact) mass is 167 g/mol. The number of nitrogens with zero attached hydrogens (tertiary/aromatic N) is 1. The smallest absolute Gasteiger partial charge is 0.0819 e. The molecule has 0 atom stereocenters. The predicted molar refractivity (Wildman–Crippen MR) is 47.6 cm³/mol. The van der Waals surface area contributed by atoms with Crippen LogP contribution >= 0.6 is 20.7 Å². The summed E-state index contributed by atoms with van der Waals surface area (Å²) in [6.07, 6.45) is 3.62. The van der Waals surface area contributed by atoms with Crippen LogP contribution in [0.25, 0.3) is 15.5 Å². The predicted octanol–water partition coefficient (Wildman–Crippen LogP) is 3.00. The van der Waals surface area contributed by atoms with Gasteiger partial charge in [-0.25, -0.2) is 0 Å². The minimum atomic E-state index is 1.02. The second-order valence-electron chi connectivity index (χ2n) is 1.89. The van der Waals surface area contributed by atoms with E-state index in [0.29, 0.717) is 0 Å². The maximum Gasteiger partial charge on any atom is 0.0819 e. The standard InChI is InChI=1S/C7H5NS2/c1-2-5-7-6(9-10-7)3-4-8-5/h2-4H,1H2. The summed E-state index contributed by atoms with van der Waals surface area (Å²) in [5.41, 5.74) is 1.02. The maximum atomic E-state index is 4.16. The normalized spacial score (nSPS) is 10.4. The topological polar surface area (TPSA) is 12.9 Å². The van der Waals surface area contributed by atoms with Crippen LogP contribution in [0.4, 0.5) is 0 Å². The first-order chi connectivity index (χ1) is 4.92. The SMILES string of the molecule is C=Cc1nccc2ssc12. The Morgan fingerprint density at radius 2 is 2.40 bits per heavy atom. The zero-order valence-corrected chi connectivity index (χ0v) is 6.84. The van der Waals surface area contributed by atoms with Crippen LogP contribution in [-0.4, -0.2) is 4.98 Å². The van der Waals surface area contributed by atoms with E-state index in [4.69, 9.17) is 0 Å². The summed E-state index contributed by atoms with van der Waals surface area (Å²) in [5, 5.41) is 0. The van der Waals surface area contributed by atoms with Crippen LogP contribution in [0.3, 0.4) is 0 Å². The molecular formula is C7H5NS2. The van der Waals surface area contributed by atoms with Gasteiger partial charge in [-0.2, -0.15) is 0 Å². The molecule has 0 aliphatic carbocycles. The Kier molecular flexibility index (Phi) is 1.32. The van der Waals surface area contributed by atoms with Crippen LogP contribution in [0, 0.1) is 0 Å². The summed E-state index contributed by atoms with van der Waals surface area (Å²) in [6, 6.07) is 2.03. The Labute approximate surface area is 66.0 Å². The Morgan fingerprint density at radius 1 is 1.50 bits per heavy atom. The summed E-state index contributed by atoms with van der Waals surface area (Å²) in [4.78, 5) is 4.16. The summed E-state index contributed by atoms with van der Waals surface area (Å²) < 4.78 is 2.61. The molecule has 0 aromatic carbocycles. The molecule has 0 fully saturated rings. The molecule has 50 valence electrons. The van der Waals surface area contributed by atoms with Gasteiger partial charge in [-0.15, -0.1) is 0 Å². The quantitative estimate of drug-likeness (QED) is 0.595. The molecule has 2 rings (SSSR count). The molecule has 0 aliphatic heterocycles. The molecule has 3 heteroatoms. The largest absolute Gasteiger partial charge is 0.255 e. The molecule has 10 heavy (non-hydrogen) atoms. The lowest BCUT2D eigenvalue weighted by molar-refractivity contribution is 1.34. The van der Waals surface area contributed by atoms with Gasteiger partial charge in [-0.05, 0) is 12.1 Å². The molecule has 0 spiro atoms. The van der Waals surface area contributed by atoms with Crippen molar-refractivity contribution in [3.8, 4) is 0 Å². The van der Waals surface area contributed by atoms with E-state index in [1.54, 1.807) is 26.8 Å². The van der Waals surface area contributed by atoms with Gasteiger partial charge in [0.05, 0.1) is 15.1 Å². The van der Waals surface area contributed by atoms with Gasteiger partial charge in [0.25, 0.3) is 0 Å². The number of fused-ring (bicyclic) bond motifs is 1. The molecule has 1 nitrogen and oxygen atoms in total. The second-order valence-corrected chi connectivity index (χ2v) is 4.08. The van der Waals surface area contributed by atoms with Crippen LogP contribution in [0.5, 0.6) is 0 Å². The minimum absolute atomic E-state index is 1.02. The lowest BCUT2D eigenvalue weighted by atomic mass is 10.3. The minimum Gasteiger partial charge on any atom is -0.255 e. The highest BCUT2D eigenvalue weighted by Gasteiger charge is 2.02. The van der Waals surface area contributed by atoms with E-state index in [9.17, 15) is 0 Å². The van der Waals surface area contributed by atoms with E-state index in [0.717, 1.165) is 5.69 Å². The molecular weight excluding hydrogens is 162 g/mol. The summed E-state index contributed by atoms with van der Waals surface area (Å²) in [5.74, 6) is 0. The number of hydrogen-bond donors (Lipinski definition) is 0. The lowest BCUT2D eigenvalue weighted by Gasteiger charge is -1.99. The van der Waals surface area contributed by atoms with Crippen molar-refractivity contribution in [2.45, 2.75) is 0 Å². The molecule has 2 aromatic rings. The molecule has 0 bridgehead atoms. The highest BCUT2D eigenvalue weighted by atomic mass is 32.9. The third-order valence-corrected chi connectivity index (χ3v) is 3.92. The third-order valence-electron chi connectivity index (χ3n) is 1.30. The molecule has 0 saturated carbocycles. The fourth-order valence-electron chi connectivity index (χ4n) is 0.793. The van der Waals surface area contributed by atoms with Gasteiger partial charge in [-0.3, -0.25) is 4.98 Å². The van der Waals surface area contributed by atoms with Crippen LogP contribution in [0.2, 0.25) is 0 Å². The highest BCUT2D eigenvalue weighted by Crippen LogP contribution is 2.33. The van der Waals surface area contributed by atoms with Gasteiger partial charge >= 0.3 is 0 Å². The average Bonchev–Trinajstić information content (AvgIpc) is 1.91. The first-order valence-electron chi connectivity index (χ1n) is 2.88. The van der Waals surface area contributed by atoms with Crippen molar-refractivity contribution in [2.24, 2.45) is 0 Å². The van der Waals surface area contributed by atoms with Gasteiger partial charge in [0, 0.05) is 6.20 Å². The van der Waals surface area contributed by atoms with E-state index >= 15 is 0 Å². The van der Waals surface area contributed by atoms with Crippen LogP contribution < -0.4 is 0 Å². The first kappa shape index (κ1) is 6.07. The second kappa shape index (κ2) is 2.18. The number of pyridine rings is 1. The highest BCUT2D eigenvalue weighted by molar-refractivity contribution is 7.78. The van der Waals surface area contributed by atoms with Gasteiger partial charge in [-0.1, -0.05) is 27.3 Å². The van der Waals surface area contributed by atoms with E-state index in [-0.39, 0.29) is 0 Å². The number of aromatic nitrogens is 1. The Hall–Kier alpha value is -0.670. The summed E-state index contributed by atoms with van der Waals surface area (Å²) >= 11 is 0. The van der Waals surface area contributed by atoms with E-state index < -0.39 is 0 Å². The van der Waals surface area contributed by atoms with Crippen molar-refractivity contribution < 1.29 is 0 Å². The van der Waals surface area contributed by atoms with E-state index in [2.05, 4.69) is 11.6 Å². The van der Waals surface area contributed by atoms with Crippen molar-refractivity contribution >= 4 is 36.2 Å². The van der Waals surface area contributed by atoms with Gasteiger partial charge < -0.3 is 0 Å². The van der Waals surface area contributed by atoms with Crippen LogP contribution in [-0.2, 0) is 0 Å². The third kappa shape index (κ3) is 0.711. The number of hydrogen-bond acceptors (Lipinski definition) is 3. The maximum absolute atomic E-state index is 4.16. The van der Waals surface area contributed by atoms with Crippen molar-refractivity contribution in [1.29, 1.82) is 0 Å². The van der Waals surface area contributed by atoms with E-state index in [1.165, 1.54) is 9.40 Å². The fourth-order valence-corrected chi connectivity index (χ4v) is 2.78. The van der Waals surface area contributed by atoms with E-state index in [1.807, 2.05) is 12.3 Å². The van der Waals surface area contributed by atoms with Crippen LogP contribution in [0.15, 0.2) is 18.8 Å². The van der Waals surface area contributed by atoms with Gasteiger partial charge in [0.1, 0.15) is 0 Å². The molecule has 2 heterocycles. The molecule has 0 aliphatic rings. The Balaban J connectivity index is 2.78. The molecule has 2 aromatic heterocycles. The Morgan fingerprint density at radius 3 is 2.90 bits per heavy atom. The van der Waals surface area contributed by atoms with Crippen LogP contribution in [0.1, 0.15) is 5.69 Å². The summed E-state index contributed by atoms with van der Waals surface area (Å²) in [6.45, 7) is 3.68. The van der Waals surface area contributed by atoms with Gasteiger partial charge in [0.2, 0.25) is 0 Å². The van der Waals surface area contributed by atoms with Crippen molar-refractivity contribution in [2.75, 3.05) is 0 Å². The summed E-state index contributed by atoms with van der Waals surface area (Å²) in [7, 11) is 3.55. The van der Waals surface area contributed by atoms with Crippen molar-refractivity contribution in [1.82, 2.24) is 4.98 Å². The zero-order valence-electron chi connectivity index (χ0n) is 5.20. The van der Waals surface area contributed by atoms with Gasteiger partial charge in [0.15, 0.2) is 0 Å². The molecule has 0 amide bonds. The van der Waals surface area contributed by atoms with Crippen molar-refractivity contribution in [3.05, 3.63) is 24.5 Å². The molecule has 0 unspecified atom stereocenters. The first-order valence-corrected chi connectivity index (χ1v) is 5.03. The van der Waals surface area contributed by atoms with Crippen molar-refractivity contribution in [3.63, 3.8) is 0 Å². The zero-order chi connectivity index (χ0) is 6.97. The average molecular weight is 167 g/mol. The lowest BCUT2D eigenvalue weighted by Crippen LogP contribution is -1.79. The molecule has 0 N–H and O–H groups in total. The molecule has 0 saturated heterocycles. The molecule has 0 radical (unpaired) electrons. The fraction of sp³-hybridized carbons (Fsp3) is 0. The Bertz CT molecular complexity index is 358.